The lowest BCUT2D eigenvalue weighted by Crippen LogP contribution is -2.63. The molecule has 0 radical (unpaired) electrons. The minimum Gasteiger partial charge on any atom is -0.394 e. The molecule has 1 aliphatic rings. The van der Waals surface area contributed by atoms with Gasteiger partial charge in [-0.1, -0.05) is 95.8 Å². The first-order valence-corrected chi connectivity index (χ1v) is 11.5. The van der Waals surface area contributed by atoms with Gasteiger partial charge in [0.25, 0.3) is 0 Å². The van der Waals surface area contributed by atoms with E-state index >= 15 is 0 Å². The molecular formula is C27H23N3OS. The van der Waals surface area contributed by atoms with Gasteiger partial charge in [0.1, 0.15) is 6.04 Å². The van der Waals surface area contributed by atoms with Gasteiger partial charge < -0.3 is 10.0 Å². The van der Waals surface area contributed by atoms with E-state index in [1.807, 2.05) is 41.4 Å². The van der Waals surface area contributed by atoms with Crippen LogP contribution >= 0.6 is 11.3 Å². The van der Waals surface area contributed by atoms with E-state index < -0.39 is 0 Å². The molecule has 158 valence electrons. The van der Waals surface area contributed by atoms with Crippen LogP contribution in [0.4, 0.5) is 5.13 Å². The van der Waals surface area contributed by atoms with Crippen LogP contribution in [-0.2, 0) is 0 Å². The molecule has 1 saturated heterocycles. The molecule has 0 aliphatic carbocycles. The third kappa shape index (κ3) is 3.48. The molecule has 0 amide bonds. The van der Waals surface area contributed by atoms with E-state index in [-0.39, 0.29) is 24.6 Å². The van der Waals surface area contributed by atoms with Crippen LogP contribution in [0.1, 0.15) is 17.0 Å². The van der Waals surface area contributed by atoms with Crippen molar-refractivity contribution in [2.45, 2.75) is 24.9 Å². The Labute approximate surface area is 192 Å². The van der Waals surface area contributed by atoms with Gasteiger partial charge >= 0.3 is 0 Å². The minimum atomic E-state index is -0.382. The van der Waals surface area contributed by atoms with Crippen LogP contribution in [0.15, 0.2) is 85.1 Å². The molecule has 5 heteroatoms. The van der Waals surface area contributed by atoms with Crippen molar-refractivity contribution in [1.82, 2.24) is 4.98 Å². The van der Waals surface area contributed by atoms with Crippen LogP contribution in [0.5, 0.6) is 0 Å². The molecule has 4 nitrogen and oxygen atoms in total. The van der Waals surface area contributed by atoms with Crippen molar-refractivity contribution in [3.8, 4) is 27.6 Å². The first-order chi connectivity index (χ1) is 15.7. The summed E-state index contributed by atoms with van der Waals surface area (Å²) in [4.78, 5) is 7.65. The summed E-state index contributed by atoms with van der Waals surface area (Å²) in [5.74, 6) is -0.0919. The normalized spacial score (nSPS) is 19.9. The first-order valence-electron chi connectivity index (χ1n) is 10.7. The molecule has 4 aromatic rings. The first kappa shape index (κ1) is 20.4. The number of benzene rings is 3. The summed E-state index contributed by atoms with van der Waals surface area (Å²) in [5, 5.41) is 21.2. The summed E-state index contributed by atoms with van der Waals surface area (Å²) in [6.07, 6.45) is 1.85. The molecule has 0 saturated carbocycles. The number of hydrogen-bond acceptors (Lipinski definition) is 5. The van der Waals surface area contributed by atoms with Gasteiger partial charge in [0.05, 0.1) is 23.6 Å². The third-order valence-corrected chi connectivity index (χ3v) is 7.21. The molecule has 2 heterocycles. The zero-order chi connectivity index (χ0) is 22.1. The Balaban J connectivity index is 1.51. The van der Waals surface area contributed by atoms with E-state index in [4.69, 9.17) is 0 Å². The van der Waals surface area contributed by atoms with Gasteiger partial charge in [-0.3, -0.25) is 0 Å². The zero-order valence-corrected chi connectivity index (χ0v) is 18.5. The Hall–Kier alpha value is -3.46. The zero-order valence-electron chi connectivity index (χ0n) is 17.7. The molecule has 3 atom stereocenters. The molecule has 0 unspecified atom stereocenters. The maximum Gasteiger partial charge on any atom is 0.187 e. The number of nitrogens with zero attached hydrogens (tertiary/aromatic N) is 3. The van der Waals surface area contributed by atoms with Crippen LogP contribution in [-0.4, -0.2) is 28.8 Å². The molecule has 0 spiro atoms. The number of aliphatic hydroxyl groups excluding tert-OH is 1. The highest BCUT2D eigenvalue weighted by Crippen LogP contribution is 2.47. The van der Waals surface area contributed by atoms with E-state index in [0.717, 1.165) is 32.3 Å². The molecule has 1 aromatic heterocycles. The smallest absolute Gasteiger partial charge is 0.187 e. The van der Waals surface area contributed by atoms with Gasteiger partial charge in [-0.25, -0.2) is 4.98 Å². The van der Waals surface area contributed by atoms with Crippen molar-refractivity contribution in [3.63, 3.8) is 0 Å². The van der Waals surface area contributed by atoms with Crippen molar-refractivity contribution in [2.75, 3.05) is 11.5 Å². The summed E-state index contributed by atoms with van der Waals surface area (Å²) < 4.78 is 0. The fourth-order valence-corrected chi connectivity index (χ4v) is 5.64. The highest BCUT2D eigenvalue weighted by molar-refractivity contribution is 7.18. The number of aryl methyl sites for hydroxylation is 1. The van der Waals surface area contributed by atoms with E-state index in [1.54, 1.807) is 11.3 Å². The Bertz CT molecular complexity index is 1280. The van der Waals surface area contributed by atoms with Crippen LogP contribution in [0.2, 0.25) is 0 Å². The van der Waals surface area contributed by atoms with E-state index in [0.29, 0.717) is 0 Å². The van der Waals surface area contributed by atoms with E-state index in [9.17, 15) is 10.4 Å². The summed E-state index contributed by atoms with van der Waals surface area (Å²) in [7, 11) is 0. The van der Waals surface area contributed by atoms with Gasteiger partial charge in [0.2, 0.25) is 0 Å². The Kier molecular flexibility index (Phi) is 5.48. The molecule has 1 aliphatic heterocycles. The predicted molar refractivity (Wildman–Crippen MR) is 130 cm³/mol. The number of anilines is 1. The lowest BCUT2D eigenvalue weighted by atomic mass is 9.74. The lowest BCUT2D eigenvalue weighted by Gasteiger charge is -2.52. The SMILES string of the molecule is Cc1cccc(-c2ccccc2[C@H]2[C@@H](C#N)N(c3ncc(-c4ccccc4)s3)[C@@H]2CO)c1. The molecule has 5 rings (SSSR count). The second kappa shape index (κ2) is 8.58. The highest BCUT2D eigenvalue weighted by Gasteiger charge is 2.51. The van der Waals surface area contributed by atoms with Crippen molar-refractivity contribution >= 4 is 16.5 Å². The number of nitriles is 1. The van der Waals surface area contributed by atoms with E-state index in [2.05, 4.69) is 66.5 Å². The maximum atomic E-state index is 10.3. The number of aliphatic hydroxyl groups is 1. The molecular weight excluding hydrogens is 414 g/mol. The number of thiazole rings is 1. The van der Waals surface area contributed by atoms with Crippen LogP contribution in [0, 0.1) is 18.3 Å². The second-order valence-corrected chi connectivity index (χ2v) is 9.10. The van der Waals surface area contributed by atoms with Crippen LogP contribution < -0.4 is 4.90 Å². The minimum absolute atomic E-state index is 0.0365. The largest absolute Gasteiger partial charge is 0.394 e. The lowest BCUT2D eigenvalue weighted by molar-refractivity contribution is 0.188. The number of aromatic nitrogens is 1. The monoisotopic (exact) mass is 437 g/mol. The number of hydrogen-bond donors (Lipinski definition) is 1. The van der Waals surface area contributed by atoms with Crippen molar-refractivity contribution in [1.29, 1.82) is 5.26 Å². The van der Waals surface area contributed by atoms with Crippen LogP contribution in [0.25, 0.3) is 21.6 Å². The summed E-state index contributed by atoms with van der Waals surface area (Å²) in [6.45, 7) is 2.05. The van der Waals surface area contributed by atoms with Gasteiger partial charge in [0.15, 0.2) is 5.13 Å². The summed E-state index contributed by atoms with van der Waals surface area (Å²) in [6, 6.07) is 28.7. The number of rotatable bonds is 5. The molecule has 3 aromatic carbocycles. The van der Waals surface area contributed by atoms with Crippen molar-refractivity contribution in [2.24, 2.45) is 0 Å². The summed E-state index contributed by atoms with van der Waals surface area (Å²) in [5.41, 5.74) is 5.64. The average Bonchev–Trinajstić information content (AvgIpc) is 3.29. The Morgan fingerprint density at radius 1 is 1.00 bits per heavy atom. The van der Waals surface area contributed by atoms with E-state index in [1.165, 1.54) is 5.56 Å². The van der Waals surface area contributed by atoms with Crippen molar-refractivity contribution < 1.29 is 5.11 Å². The van der Waals surface area contributed by atoms with Gasteiger partial charge in [-0.05, 0) is 29.2 Å². The topological polar surface area (TPSA) is 60.2 Å². The van der Waals surface area contributed by atoms with Crippen molar-refractivity contribution in [3.05, 3.63) is 96.2 Å². The fraction of sp³-hybridized carbons (Fsp3) is 0.185. The fourth-order valence-electron chi connectivity index (χ4n) is 4.63. The Morgan fingerprint density at radius 2 is 1.75 bits per heavy atom. The average molecular weight is 438 g/mol. The standard InChI is InChI=1S/C27H23N3OS/c1-18-8-7-11-20(14-18)21-12-5-6-13-22(21)26-23(15-28)30(24(26)17-31)27-29-16-25(32-27)19-9-3-2-4-10-19/h2-14,16,23-24,26,31H,17H2,1H3/t23-,24-,26+/m1/s1. The van der Waals surface area contributed by atoms with Gasteiger partial charge in [-0.2, -0.15) is 5.26 Å². The molecule has 1 N–H and O–H groups in total. The maximum absolute atomic E-state index is 10.3. The molecule has 32 heavy (non-hydrogen) atoms. The van der Waals surface area contributed by atoms with Gasteiger partial charge in [-0.15, -0.1) is 0 Å². The third-order valence-electron chi connectivity index (χ3n) is 6.15. The Morgan fingerprint density at radius 3 is 2.50 bits per heavy atom. The molecule has 1 fully saturated rings. The highest BCUT2D eigenvalue weighted by atomic mass is 32.1. The predicted octanol–water partition coefficient (Wildman–Crippen LogP) is 5.64. The van der Waals surface area contributed by atoms with Gasteiger partial charge in [0, 0.05) is 12.1 Å². The second-order valence-electron chi connectivity index (χ2n) is 8.09. The van der Waals surface area contributed by atoms with Crippen LogP contribution in [0.3, 0.4) is 0 Å². The quantitative estimate of drug-likeness (QED) is 0.439. The summed E-state index contributed by atoms with van der Waals surface area (Å²) >= 11 is 1.56. The molecule has 0 bridgehead atoms.